The van der Waals surface area contributed by atoms with Gasteiger partial charge in [0.05, 0.1) is 33.7 Å². The molecule has 2 atom stereocenters. The lowest BCUT2D eigenvalue weighted by molar-refractivity contribution is -0.384. The number of hydrogen-bond acceptors (Lipinski definition) is 13. The fourth-order valence-corrected chi connectivity index (χ4v) is 11.4. The van der Waals surface area contributed by atoms with Crippen LogP contribution in [0.5, 0.6) is 11.6 Å². The average molecular weight is 952 g/mol. The number of carbonyl (C=O) groups excluding carboxylic acids is 1. The molecule has 2 fully saturated rings. The van der Waals surface area contributed by atoms with E-state index in [0.717, 1.165) is 87.0 Å². The summed E-state index contributed by atoms with van der Waals surface area (Å²) in [7, 11) is -4.66. The first-order valence-corrected chi connectivity index (χ1v) is 24.9. The van der Waals surface area contributed by atoms with E-state index in [1.165, 1.54) is 22.8 Å². The fraction of sp³-hybridized carbons (Fsp3) is 0.429. The van der Waals surface area contributed by atoms with Crippen LogP contribution in [0.4, 0.5) is 28.4 Å². The number of benzene rings is 3. The fourth-order valence-electron chi connectivity index (χ4n) is 10.2. The number of allylic oxidation sites excluding steroid dienone is 1. The van der Waals surface area contributed by atoms with Crippen molar-refractivity contribution in [3.8, 4) is 11.6 Å². The molecule has 5 aliphatic rings. The predicted molar refractivity (Wildman–Crippen MR) is 258 cm³/mol. The Labute approximate surface area is 394 Å². The van der Waals surface area contributed by atoms with Crippen molar-refractivity contribution in [1.82, 2.24) is 19.6 Å². The Morgan fingerprint density at radius 2 is 1.79 bits per heavy atom. The second-order valence-electron chi connectivity index (χ2n) is 19.2. The van der Waals surface area contributed by atoms with Crippen LogP contribution in [-0.4, -0.2) is 105 Å². The summed E-state index contributed by atoms with van der Waals surface area (Å²) in [4.78, 5) is 40.5. The molecule has 2 saturated heterocycles. The molecule has 1 aliphatic carbocycles. The van der Waals surface area contributed by atoms with Crippen LogP contribution in [0.15, 0.2) is 83.4 Å². The van der Waals surface area contributed by atoms with E-state index in [1.807, 2.05) is 48.2 Å². The van der Waals surface area contributed by atoms with Crippen LogP contribution in [0.25, 0.3) is 16.6 Å². The van der Waals surface area contributed by atoms with Crippen molar-refractivity contribution >= 4 is 72.6 Å². The van der Waals surface area contributed by atoms with E-state index in [1.54, 1.807) is 12.3 Å². The topological polar surface area (TPSA) is 184 Å². The molecule has 2 aromatic heterocycles. The van der Waals surface area contributed by atoms with Gasteiger partial charge in [-0.05, 0) is 104 Å². The highest BCUT2D eigenvalue weighted by molar-refractivity contribution is 7.90. The van der Waals surface area contributed by atoms with Gasteiger partial charge in [0.15, 0.2) is 11.4 Å². The molecule has 10 rings (SSSR count). The van der Waals surface area contributed by atoms with Gasteiger partial charge in [0.2, 0.25) is 5.88 Å². The summed E-state index contributed by atoms with van der Waals surface area (Å²) in [6.07, 6.45) is 6.19. The molecule has 0 saturated carbocycles. The van der Waals surface area contributed by atoms with Crippen LogP contribution in [-0.2, 0) is 14.8 Å². The minimum atomic E-state index is -4.66. The Hall–Kier alpha value is -5.88. The van der Waals surface area contributed by atoms with Crippen molar-refractivity contribution in [2.45, 2.75) is 69.9 Å². The number of nitrogens with zero attached hydrogens (tertiary/aromatic N) is 5. The van der Waals surface area contributed by atoms with E-state index in [4.69, 9.17) is 30.8 Å². The van der Waals surface area contributed by atoms with Crippen LogP contribution in [0.3, 0.4) is 0 Å². The number of nitro groups is 1. The number of fused-ring (bicyclic) bond motifs is 3. The summed E-state index contributed by atoms with van der Waals surface area (Å²) in [5, 5.41) is 17.2. The third kappa shape index (κ3) is 9.26. The highest BCUT2D eigenvalue weighted by atomic mass is 35.5. The molecule has 18 heteroatoms. The first-order chi connectivity index (χ1) is 32.2. The largest absolute Gasteiger partial charge is 0.489 e. The third-order valence-electron chi connectivity index (χ3n) is 13.9. The number of hydrogen-bond donors (Lipinski definition) is 3. The lowest BCUT2D eigenvalue weighted by atomic mass is 9.72. The lowest BCUT2D eigenvalue weighted by Crippen LogP contribution is -2.47. The number of H-pyrrole nitrogens is 1. The molecule has 0 bridgehead atoms. The van der Waals surface area contributed by atoms with Gasteiger partial charge in [-0.3, -0.25) is 19.8 Å². The maximum absolute atomic E-state index is 14.5. The van der Waals surface area contributed by atoms with Crippen molar-refractivity contribution in [1.29, 1.82) is 0 Å². The normalized spacial score (nSPS) is 21.2. The number of rotatable bonds is 10. The Morgan fingerprint density at radius 1 is 1.01 bits per heavy atom. The molecule has 0 spiro atoms. The molecular weight excluding hydrogens is 896 g/mol. The second-order valence-corrected chi connectivity index (χ2v) is 21.3. The van der Waals surface area contributed by atoms with Gasteiger partial charge < -0.3 is 34.3 Å². The minimum Gasteiger partial charge on any atom is -0.489 e. The molecular formula is C49H55ClN8O8S. The van der Waals surface area contributed by atoms with Gasteiger partial charge in [0, 0.05) is 80.4 Å². The third-order valence-corrected chi connectivity index (χ3v) is 15.5. The molecule has 4 aliphatic heterocycles. The van der Waals surface area contributed by atoms with Crippen molar-refractivity contribution in [3.05, 3.63) is 105 Å². The number of aromatic nitrogens is 2. The minimum absolute atomic E-state index is 0.0272. The van der Waals surface area contributed by atoms with Crippen molar-refractivity contribution in [2.24, 2.45) is 11.3 Å². The molecule has 0 radical (unpaired) electrons. The summed E-state index contributed by atoms with van der Waals surface area (Å²) in [5.74, 6) is -0.326. The first-order valence-electron chi connectivity index (χ1n) is 23.1. The molecule has 6 heterocycles. The molecule has 5 aromatic rings. The van der Waals surface area contributed by atoms with E-state index in [2.05, 4.69) is 50.8 Å². The summed E-state index contributed by atoms with van der Waals surface area (Å²) < 4.78 is 48.3. The highest BCUT2D eigenvalue weighted by Crippen LogP contribution is 2.45. The van der Waals surface area contributed by atoms with Crippen LogP contribution in [0, 0.1) is 21.4 Å². The number of aromatic amines is 1. The zero-order valence-electron chi connectivity index (χ0n) is 37.8. The zero-order chi connectivity index (χ0) is 46.6. The molecule has 67 heavy (non-hydrogen) atoms. The van der Waals surface area contributed by atoms with Crippen LogP contribution >= 0.6 is 11.6 Å². The second kappa shape index (κ2) is 18.0. The highest BCUT2D eigenvalue weighted by Gasteiger charge is 2.37. The van der Waals surface area contributed by atoms with Gasteiger partial charge in [-0.1, -0.05) is 43.2 Å². The van der Waals surface area contributed by atoms with E-state index in [0.29, 0.717) is 42.7 Å². The number of piperazine rings is 1. The molecule has 3 aromatic carbocycles. The maximum Gasteiger partial charge on any atom is 0.297 e. The quantitative estimate of drug-likeness (QED) is 0.0895. The average Bonchev–Trinajstić information content (AvgIpc) is 3.78. The number of pyridine rings is 1. The number of nitrogens with one attached hydrogen (secondary N) is 3. The number of nitro benzene ring substituents is 1. The number of ether oxygens (including phenoxy) is 3. The number of amides is 1. The number of carbonyl (C=O) groups is 1. The molecule has 1 amide bonds. The van der Waals surface area contributed by atoms with Crippen LogP contribution in [0.2, 0.25) is 5.02 Å². The standard InChI is InChI=1S/C49H55ClN8O8S/c1-30-27-57(43-22-33-11-15-51-46(33)53-48(43)66-30)41-23-36(56-18-16-55(17-19-56)28-34-10-14-49(2,3)26-39(34)31-4-6-35(50)7-5-31)8-9-38(41)47(59)54-67(62,63)37-24-42(58(60)61)45-44(25-37)65-29-40(52-45)32-12-20-64-21-13-32/h4-9,11,15,22-25,30,32,40,52H,10,12-14,16-21,26-29H2,1-3H3,(H,51,53)(H,54,59)/t30-,40+/m1/s1. The SMILES string of the molecule is C[C@@H]1CN(c2cc(N3CCN(CC4=C(c5ccc(Cl)cc5)CC(C)(C)CC4)CC3)ccc2C(=O)NS(=O)(=O)c2cc3c(c([N+](=O)[O-])c2)N[C@H](C2CCOCC2)CO3)c2cc3cc[nH]c3nc2O1. The van der Waals surface area contributed by atoms with Crippen LogP contribution in [0.1, 0.15) is 68.8 Å². The Balaban J connectivity index is 0.937. The van der Waals surface area contributed by atoms with Crippen molar-refractivity contribution in [2.75, 3.05) is 74.2 Å². The van der Waals surface area contributed by atoms with Gasteiger partial charge in [0.1, 0.15) is 24.0 Å². The van der Waals surface area contributed by atoms with Crippen molar-refractivity contribution in [3.63, 3.8) is 0 Å². The lowest BCUT2D eigenvalue weighted by Gasteiger charge is -2.40. The van der Waals surface area contributed by atoms with E-state index >= 15 is 0 Å². The molecule has 3 N–H and O–H groups in total. The van der Waals surface area contributed by atoms with E-state index < -0.39 is 31.4 Å². The van der Waals surface area contributed by atoms with E-state index in [9.17, 15) is 23.3 Å². The van der Waals surface area contributed by atoms with Crippen LogP contribution < -0.4 is 29.3 Å². The number of halogens is 1. The predicted octanol–water partition coefficient (Wildman–Crippen LogP) is 8.55. The number of sulfonamides is 1. The van der Waals surface area contributed by atoms with Gasteiger partial charge in [-0.25, -0.2) is 13.1 Å². The Kier molecular flexibility index (Phi) is 12.1. The Morgan fingerprint density at radius 3 is 2.55 bits per heavy atom. The molecule has 352 valence electrons. The monoisotopic (exact) mass is 950 g/mol. The zero-order valence-corrected chi connectivity index (χ0v) is 39.4. The number of anilines is 4. The maximum atomic E-state index is 14.5. The van der Waals surface area contributed by atoms with Gasteiger partial charge in [-0.2, -0.15) is 4.98 Å². The summed E-state index contributed by atoms with van der Waals surface area (Å²) in [5.41, 5.74) is 6.68. The summed E-state index contributed by atoms with van der Waals surface area (Å²) in [6, 6.07) is 19.5. The summed E-state index contributed by atoms with van der Waals surface area (Å²) in [6.45, 7) is 12.3. The molecule has 0 unspecified atom stereocenters. The van der Waals surface area contributed by atoms with E-state index in [-0.39, 0.29) is 47.1 Å². The van der Waals surface area contributed by atoms with Gasteiger partial charge >= 0.3 is 0 Å². The van der Waals surface area contributed by atoms with Crippen molar-refractivity contribution < 1.29 is 32.3 Å². The first kappa shape index (κ1) is 44.9. The molecule has 16 nitrogen and oxygen atoms in total. The Bertz CT molecular complexity index is 2870. The van der Waals surface area contributed by atoms with Gasteiger partial charge in [0.25, 0.3) is 21.6 Å². The van der Waals surface area contributed by atoms with Gasteiger partial charge in [-0.15, -0.1) is 0 Å². The summed E-state index contributed by atoms with van der Waals surface area (Å²) >= 11 is 6.28. The smallest absolute Gasteiger partial charge is 0.297 e.